The number of aryl methyl sites for hydroxylation is 5. The Morgan fingerprint density at radius 2 is 1.05 bits per heavy atom. The molecule has 0 amide bonds. The predicted molar refractivity (Wildman–Crippen MR) is 153 cm³/mol. The number of methoxy groups -OCH3 is 1. The Balaban J connectivity index is 1.54. The van der Waals surface area contributed by atoms with Gasteiger partial charge in [0.15, 0.2) is 11.7 Å². The quantitative estimate of drug-likeness (QED) is 0.603. The van der Waals surface area contributed by atoms with E-state index in [1.165, 1.54) is 12.0 Å². The van der Waals surface area contributed by atoms with Gasteiger partial charge in [0.05, 0.1) is 7.11 Å². The first-order valence-electron chi connectivity index (χ1n) is 13.1. The molecule has 4 aliphatic rings. The molecule has 38 heavy (non-hydrogen) atoms. The molecule has 0 spiro atoms. The summed E-state index contributed by atoms with van der Waals surface area (Å²) in [4.78, 5) is 33.6. The van der Waals surface area contributed by atoms with Gasteiger partial charge in [-0.2, -0.15) is 30.0 Å². The summed E-state index contributed by atoms with van der Waals surface area (Å²) in [5.74, 6) is 4.12. The van der Waals surface area contributed by atoms with Crippen molar-refractivity contribution >= 4 is 35.5 Å². The van der Waals surface area contributed by atoms with Gasteiger partial charge in [0.2, 0.25) is 23.8 Å². The van der Waals surface area contributed by atoms with Gasteiger partial charge in [0, 0.05) is 24.2 Å². The zero-order chi connectivity index (χ0) is 26.6. The summed E-state index contributed by atoms with van der Waals surface area (Å²) >= 11 is 0. The predicted octanol–water partition coefficient (Wildman–Crippen LogP) is 4.68. The second-order valence-electron chi connectivity index (χ2n) is 10.3. The van der Waals surface area contributed by atoms with Gasteiger partial charge in [-0.3, -0.25) is 0 Å². The molecule has 1 fully saturated rings. The van der Waals surface area contributed by atoms with Gasteiger partial charge in [0.1, 0.15) is 5.75 Å². The van der Waals surface area contributed by atoms with Crippen molar-refractivity contribution in [3.8, 4) is 5.75 Å². The maximum absolute atomic E-state index is 5.48. The summed E-state index contributed by atoms with van der Waals surface area (Å²) in [6, 6.07) is 8.32. The van der Waals surface area contributed by atoms with Crippen LogP contribution in [0.3, 0.4) is 0 Å². The van der Waals surface area contributed by atoms with Crippen LogP contribution in [0.25, 0.3) is 0 Å². The lowest BCUT2D eigenvalue weighted by atomic mass is 9.99. The molecular weight excluding hydrogens is 476 g/mol. The van der Waals surface area contributed by atoms with Crippen molar-refractivity contribution in [3.63, 3.8) is 0 Å². The molecule has 2 aromatic carbocycles. The van der Waals surface area contributed by atoms with Crippen LogP contribution < -0.4 is 4.74 Å². The van der Waals surface area contributed by atoms with Gasteiger partial charge < -0.3 is 9.64 Å². The molecule has 0 bridgehead atoms. The first-order valence-corrected chi connectivity index (χ1v) is 13.1. The highest BCUT2D eigenvalue weighted by atomic mass is 16.5. The number of rotatable bonds is 3. The van der Waals surface area contributed by atoms with Crippen LogP contribution in [0.5, 0.6) is 5.75 Å². The van der Waals surface area contributed by atoms with Crippen LogP contribution in [0.1, 0.15) is 58.2 Å². The van der Waals surface area contributed by atoms with Crippen LogP contribution in [-0.2, 0) is 0 Å². The van der Waals surface area contributed by atoms with Crippen molar-refractivity contribution in [1.82, 2.24) is 9.80 Å². The number of piperidine rings is 1. The molecule has 9 nitrogen and oxygen atoms in total. The number of ether oxygens (including phenoxy) is 1. The lowest BCUT2D eigenvalue weighted by Crippen LogP contribution is -2.50. The Morgan fingerprint density at radius 3 is 1.61 bits per heavy atom. The first-order chi connectivity index (χ1) is 18.3. The van der Waals surface area contributed by atoms with Crippen LogP contribution in [0.15, 0.2) is 54.2 Å². The molecule has 0 aromatic heterocycles. The Hall–Kier alpha value is -4.14. The molecule has 0 N–H and O–H groups in total. The normalized spacial score (nSPS) is 18.6. The third kappa shape index (κ3) is 4.12. The van der Waals surface area contributed by atoms with Crippen LogP contribution in [0, 0.1) is 34.6 Å². The van der Waals surface area contributed by atoms with Gasteiger partial charge in [-0.05, 0) is 88.3 Å². The van der Waals surface area contributed by atoms with E-state index in [0.717, 1.165) is 65.1 Å². The fourth-order valence-electron chi connectivity index (χ4n) is 5.66. The van der Waals surface area contributed by atoms with Gasteiger partial charge in [-0.15, -0.1) is 0 Å². The fraction of sp³-hybridized carbons (Fsp3) is 0.379. The maximum Gasteiger partial charge on any atom is 0.244 e. The first kappa shape index (κ1) is 24.2. The Labute approximate surface area is 223 Å². The summed E-state index contributed by atoms with van der Waals surface area (Å²) in [5, 5.41) is 0. The second-order valence-corrected chi connectivity index (χ2v) is 10.3. The lowest BCUT2D eigenvalue weighted by Gasteiger charge is -2.34. The second kappa shape index (κ2) is 9.31. The molecule has 2 aromatic rings. The number of benzene rings is 2. The molecule has 4 aliphatic heterocycles. The number of hydrogen-bond acceptors (Lipinski definition) is 9. The van der Waals surface area contributed by atoms with Crippen LogP contribution >= 0.6 is 0 Å². The molecule has 0 unspecified atom stereocenters. The zero-order valence-electron chi connectivity index (χ0n) is 22.8. The summed E-state index contributed by atoms with van der Waals surface area (Å²) in [6.07, 6.45) is 3.48. The van der Waals surface area contributed by atoms with Gasteiger partial charge >= 0.3 is 0 Å². The average molecular weight is 509 g/mol. The number of aliphatic imine (C=N–C) groups is 6. The molecule has 6 rings (SSSR count). The van der Waals surface area contributed by atoms with Crippen molar-refractivity contribution < 1.29 is 4.74 Å². The standard InChI is InChI=1S/C29H32N8O/c1-16-12-17(2)22(18(3)13-16)24-30-27-31-25(23-19(4)14-21(38-6)15-20(23)5)33-29-35-26(34-28(32-24)37(27)29)36-10-8-7-9-11-36/h12-15H,7-11H2,1-6H3. The Kier molecular flexibility index (Phi) is 5.93. The zero-order valence-corrected chi connectivity index (χ0v) is 22.8. The van der Waals surface area contributed by atoms with E-state index in [1.807, 2.05) is 26.0 Å². The summed E-state index contributed by atoms with van der Waals surface area (Å²) in [6.45, 7) is 12.2. The highest BCUT2D eigenvalue weighted by Gasteiger charge is 2.37. The van der Waals surface area contributed by atoms with E-state index in [0.29, 0.717) is 35.5 Å². The Morgan fingerprint density at radius 1 is 0.579 bits per heavy atom. The third-order valence-corrected chi connectivity index (χ3v) is 7.33. The van der Waals surface area contributed by atoms with Crippen molar-refractivity contribution in [2.24, 2.45) is 30.0 Å². The summed E-state index contributed by atoms with van der Waals surface area (Å²) in [7, 11) is 1.68. The Bertz CT molecular complexity index is 1490. The maximum atomic E-state index is 5.48. The minimum atomic E-state index is 0.476. The van der Waals surface area contributed by atoms with Crippen molar-refractivity contribution in [2.45, 2.75) is 53.9 Å². The fourth-order valence-corrected chi connectivity index (χ4v) is 5.66. The number of nitrogens with zero attached hydrogens (tertiary/aromatic N) is 8. The van der Waals surface area contributed by atoms with Crippen LogP contribution in [0.4, 0.5) is 0 Å². The van der Waals surface area contributed by atoms with E-state index in [1.54, 1.807) is 12.0 Å². The monoisotopic (exact) mass is 508 g/mol. The summed E-state index contributed by atoms with van der Waals surface area (Å²) < 4.78 is 5.48. The molecule has 0 atom stereocenters. The largest absolute Gasteiger partial charge is 0.497 e. The summed E-state index contributed by atoms with van der Waals surface area (Å²) in [5.41, 5.74) is 7.46. The van der Waals surface area contributed by atoms with Crippen molar-refractivity contribution in [3.05, 3.63) is 63.2 Å². The lowest BCUT2D eigenvalue weighted by molar-refractivity contribution is 0.339. The van der Waals surface area contributed by atoms with E-state index in [-0.39, 0.29) is 0 Å². The van der Waals surface area contributed by atoms with E-state index in [4.69, 9.17) is 34.7 Å². The van der Waals surface area contributed by atoms with Gasteiger partial charge in [-0.25, -0.2) is 4.90 Å². The highest BCUT2D eigenvalue weighted by Crippen LogP contribution is 2.28. The molecule has 0 radical (unpaired) electrons. The molecule has 0 saturated carbocycles. The smallest absolute Gasteiger partial charge is 0.244 e. The third-order valence-electron chi connectivity index (χ3n) is 7.33. The van der Waals surface area contributed by atoms with Crippen LogP contribution in [-0.4, -0.2) is 65.5 Å². The van der Waals surface area contributed by atoms with Crippen molar-refractivity contribution in [1.29, 1.82) is 0 Å². The number of guanidine groups is 4. The number of hydrogen-bond donors (Lipinski definition) is 0. The molecule has 1 saturated heterocycles. The van der Waals surface area contributed by atoms with E-state index in [2.05, 4.69) is 37.8 Å². The molecule has 9 heteroatoms. The van der Waals surface area contributed by atoms with Crippen molar-refractivity contribution in [2.75, 3.05) is 20.2 Å². The number of likely N-dealkylation sites (tertiary alicyclic amines) is 1. The average Bonchev–Trinajstić information content (AvgIpc) is 2.88. The van der Waals surface area contributed by atoms with Gasteiger partial charge in [0.25, 0.3) is 0 Å². The molecule has 194 valence electrons. The highest BCUT2D eigenvalue weighted by molar-refractivity contribution is 6.33. The van der Waals surface area contributed by atoms with E-state index >= 15 is 0 Å². The minimum Gasteiger partial charge on any atom is -0.497 e. The molecule has 4 heterocycles. The topological polar surface area (TPSA) is 89.9 Å². The van der Waals surface area contributed by atoms with Gasteiger partial charge in [-0.1, -0.05) is 17.7 Å². The van der Waals surface area contributed by atoms with Crippen LogP contribution in [0.2, 0.25) is 0 Å². The molecular formula is C29H32N8O. The van der Waals surface area contributed by atoms with E-state index < -0.39 is 0 Å². The SMILES string of the molecule is COc1cc(C)c(C2=NC3=NC(N4CCCCC4)=NC4=NC(c5c(C)cc(C)cc5C)=NC(=N2)N43)c(C)c1. The molecule has 0 aliphatic carbocycles. The van der Waals surface area contributed by atoms with E-state index in [9.17, 15) is 0 Å². The number of amidine groups is 2. The minimum absolute atomic E-state index is 0.476.